The van der Waals surface area contributed by atoms with E-state index in [1.807, 2.05) is 42.5 Å². The molecule has 1 aromatic heterocycles. The lowest BCUT2D eigenvalue weighted by Gasteiger charge is -2.39. The Morgan fingerprint density at radius 3 is 2.53 bits per heavy atom. The standard InChI is InChI=1S/C24H15BrClFN4O/c25-15-5-1-14(2-6-15)23-20-21(18-11-16(26)7-10-19(18)32-23)30-24-28-12-29-31(24)22(20)13-3-8-17(27)9-4-13/h1-12,22-23H,(H,28,29,30)/t22-,23+/m0/s1. The zero-order chi connectivity index (χ0) is 21.8. The Hall–Kier alpha value is -3.16. The summed E-state index contributed by atoms with van der Waals surface area (Å²) in [4.78, 5) is 4.40. The fraction of sp³-hybridized carbons (Fsp3) is 0.0833. The Labute approximate surface area is 196 Å². The molecule has 0 unspecified atom stereocenters. The van der Waals surface area contributed by atoms with Gasteiger partial charge in [-0.05, 0) is 53.6 Å². The molecule has 0 bridgehead atoms. The monoisotopic (exact) mass is 508 g/mol. The van der Waals surface area contributed by atoms with Crippen molar-refractivity contribution in [3.05, 3.63) is 111 Å². The molecular formula is C24H15BrClFN4O. The zero-order valence-electron chi connectivity index (χ0n) is 16.5. The van der Waals surface area contributed by atoms with E-state index < -0.39 is 6.10 Å². The summed E-state index contributed by atoms with van der Waals surface area (Å²) in [6.07, 6.45) is 1.11. The summed E-state index contributed by atoms with van der Waals surface area (Å²) in [6, 6.07) is 19.7. The Bertz CT molecular complexity index is 1370. The first-order chi connectivity index (χ1) is 15.6. The summed E-state index contributed by atoms with van der Waals surface area (Å²) < 4.78 is 23.1. The topological polar surface area (TPSA) is 52.0 Å². The van der Waals surface area contributed by atoms with Crippen LogP contribution in [0.5, 0.6) is 5.75 Å². The van der Waals surface area contributed by atoms with Crippen LogP contribution in [0.15, 0.2) is 83.1 Å². The maximum absolute atomic E-state index is 13.7. The van der Waals surface area contributed by atoms with Crippen molar-refractivity contribution >= 4 is 39.2 Å². The molecule has 158 valence electrons. The van der Waals surface area contributed by atoms with E-state index in [0.29, 0.717) is 11.0 Å². The number of nitrogens with zero attached hydrogens (tertiary/aromatic N) is 3. The van der Waals surface area contributed by atoms with Crippen molar-refractivity contribution in [2.24, 2.45) is 0 Å². The fourth-order valence-corrected chi connectivity index (χ4v) is 4.76. The number of hydrogen-bond acceptors (Lipinski definition) is 4. The van der Waals surface area contributed by atoms with Gasteiger partial charge in [0.15, 0.2) is 0 Å². The molecule has 0 radical (unpaired) electrons. The highest BCUT2D eigenvalue weighted by Gasteiger charge is 2.41. The second kappa shape index (κ2) is 7.46. The number of aromatic nitrogens is 3. The van der Waals surface area contributed by atoms with Crippen molar-refractivity contribution in [1.82, 2.24) is 14.8 Å². The summed E-state index contributed by atoms with van der Waals surface area (Å²) >= 11 is 9.85. The molecular weight excluding hydrogens is 495 g/mol. The van der Waals surface area contributed by atoms with Gasteiger partial charge >= 0.3 is 0 Å². The van der Waals surface area contributed by atoms with Gasteiger partial charge in [0.1, 0.15) is 30.0 Å². The minimum absolute atomic E-state index is 0.294. The minimum atomic E-state index is -0.397. The van der Waals surface area contributed by atoms with E-state index in [0.717, 1.165) is 38.2 Å². The Morgan fingerprint density at radius 1 is 1.00 bits per heavy atom. The van der Waals surface area contributed by atoms with Gasteiger partial charge < -0.3 is 10.1 Å². The van der Waals surface area contributed by atoms with E-state index in [1.165, 1.54) is 18.5 Å². The molecule has 8 heteroatoms. The molecule has 0 amide bonds. The van der Waals surface area contributed by atoms with Crippen LogP contribution in [0.4, 0.5) is 10.3 Å². The smallest absolute Gasteiger partial charge is 0.226 e. The first-order valence-corrected chi connectivity index (χ1v) is 11.1. The van der Waals surface area contributed by atoms with Crippen LogP contribution in [0.25, 0.3) is 5.70 Å². The molecule has 0 saturated carbocycles. The molecule has 1 N–H and O–H groups in total. The minimum Gasteiger partial charge on any atom is -0.480 e. The van der Waals surface area contributed by atoms with E-state index in [9.17, 15) is 4.39 Å². The predicted molar refractivity (Wildman–Crippen MR) is 124 cm³/mol. The number of ether oxygens (including phenoxy) is 1. The maximum atomic E-state index is 13.7. The lowest BCUT2D eigenvalue weighted by molar-refractivity contribution is 0.223. The van der Waals surface area contributed by atoms with Crippen LogP contribution in [-0.2, 0) is 0 Å². The Balaban J connectivity index is 1.63. The number of hydrogen-bond donors (Lipinski definition) is 1. The van der Waals surface area contributed by atoms with Gasteiger partial charge in [-0.3, -0.25) is 0 Å². The second-order valence-electron chi connectivity index (χ2n) is 7.63. The molecule has 2 atom stereocenters. The molecule has 6 rings (SSSR count). The number of nitrogens with one attached hydrogen (secondary N) is 1. The van der Waals surface area contributed by atoms with E-state index >= 15 is 0 Å². The van der Waals surface area contributed by atoms with E-state index in [4.69, 9.17) is 16.3 Å². The van der Waals surface area contributed by atoms with Crippen LogP contribution < -0.4 is 10.1 Å². The van der Waals surface area contributed by atoms with Crippen LogP contribution in [0.1, 0.15) is 28.8 Å². The second-order valence-corrected chi connectivity index (χ2v) is 8.98. The highest BCUT2D eigenvalue weighted by atomic mass is 79.9. The van der Waals surface area contributed by atoms with Gasteiger partial charge in [-0.1, -0.05) is 51.8 Å². The first kappa shape index (κ1) is 19.5. The Kier molecular flexibility index (Phi) is 4.55. The number of halogens is 3. The van der Waals surface area contributed by atoms with E-state index in [1.54, 1.807) is 16.8 Å². The zero-order valence-corrected chi connectivity index (χ0v) is 18.8. The van der Waals surface area contributed by atoms with Crippen molar-refractivity contribution < 1.29 is 9.13 Å². The molecule has 0 fully saturated rings. The van der Waals surface area contributed by atoms with Crippen molar-refractivity contribution in [1.29, 1.82) is 0 Å². The predicted octanol–water partition coefficient (Wildman–Crippen LogP) is 6.39. The molecule has 2 aliphatic heterocycles. The largest absolute Gasteiger partial charge is 0.480 e. The van der Waals surface area contributed by atoms with Crippen LogP contribution in [0.3, 0.4) is 0 Å². The van der Waals surface area contributed by atoms with Gasteiger partial charge in [0.2, 0.25) is 5.95 Å². The van der Waals surface area contributed by atoms with Crippen LogP contribution in [0.2, 0.25) is 5.02 Å². The van der Waals surface area contributed by atoms with E-state index in [2.05, 4.69) is 31.3 Å². The SMILES string of the molecule is Fc1ccc([C@H]2C3=C(Nc4ncnn42)c2cc(Cl)ccc2O[C@@H]3c2ccc(Br)cc2)cc1. The van der Waals surface area contributed by atoms with Crippen LogP contribution in [0, 0.1) is 5.82 Å². The van der Waals surface area contributed by atoms with Gasteiger partial charge in [-0.25, -0.2) is 9.07 Å². The summed E-state index contributed by atoms with van der Waals surface area (Å²) in [5.41, 5.74) is 4.53. The first-order valence-electron chi connectivity index (χ1n) is 9.96. The normalized spacial score (nSPS) is 18.8. The third-order valence-electron chi connectivity index (χ3n) is 5.73. The summed E-state index contributed by atoms with van der Waals surface area (Å²) in [5, 5.41) is 8.51. The van der Waals surface area contributed by atoms with Gasteiger partial charge in [-0.2, -0.15) is 10.1 Å². The third-order valence-corrected chi connectivity index (χ3v) is 6.50. The average molecular weight is 510 g/mol. The van der Waals surface area contributed by atoms with E-state index in [-0.39, 0.29) is 11.9 Å². The molecule has 5 nitrogen and oxygen atoms in total. The lowest BCUT2D eigenvalue weighted by Crippen LogP contribution is -2.32. The molecule has 0 aliphatic carbocycles. The maximum Gasteiger partial charge on any atom is 0.226 e. The quantitative estimate of drug-likeness (QED) is 0.340. The molecule has 2 aliphatic rings. The van der Waals surface area contributed by atoms with Gasteiger partial charge in [0, 0.05) is 20.6 Å². The highest BCUT2D eigenvalue weighted by molar-refractivity contribution is 9.10. The molecule has 3 heterocycles. The lowest BCUT2D eigenvalue weighted by atomic mass is 9.84. The Morgan fingerprint density at radius 2 is 1.75 bits per heavy atom. The summed E-state index contributed by atoms with van der Waals surface area (Å²) in [6.45, 7) is 0. The summed E-state index contributed by atoms with van der Waals surface area (Å²) in [7, 11) is 0. The van der Waals surface area contributed by atoms with Gasteiger partial charge in [-0.15, -0.1) is 0 Å². The molecule has 4 aromatic rings. The number of anilines is 1. The van der Waals surface area contributed by atoms with Crippen molar-refractivity contribution in [2.45, 2.75) is 12.1 Å². The van der Waals surface area contributed by atoms with Gasteiger partial charge in [0.05, 0.1) is 5.70 Å². The van der Waals surface area contributed by atoms with Crippen molar-refractivity contribution in [2.75, 3.05) is 5.32 Å². The third kappa shape index (κ3) is 3.12. The highest BCUT2D eigenvalue weighted by Crippen LogP contribution is 2.51. The average Bonchev–Trinajstić information content (AvgIpc) is 3.27. The number of benzene rings is 3. The van der Waals surface area contributed by atoms with Crippen molar-refractivity contribution in [3.63, 3.8) is 0 Å². The van der Waals surface area contributed by atoms with Gasteiger partial charge in [0.25, 0.3) is 0 Å². The summed E-state index contributed by atoms with van der Waals surface area (Å²) in [5.74, 6) is 1.03. The molecule has 0 spiro atoms. The van der Waals surface area contributed by atoms with Crippen molar-refractivity contribution in [3.8, 4) is 5.75 Å². The van der Waals surface area contributed by atoms with Crippen LogP contribution >= 0.6 is 27.5 Å². The van der Waals surface area contributed by atoms with Crippen LogP contribution in [-0.4, -0.2) is 14.8 Å². The number of rotatable bonds is 2. The molecule has 0 saturated heterocycles. The molecule has 32 heavy (non-hydrogen) atoms. The fourth-order valence-electron chi connectivity index (χ4n) is 4.32. The molecule has 3 aromatic carbocycles. The number of fused-ring (bicyclic) bond motifs is 3.